The number of aryl methyl sites for hydroxylation is 1. The van der Waals surface area contributed by atoms with Crippen molar-refractivity contribution in [1.82, 2.24) is 14.9 Å². The predicted molar refractivity (Wildman–Crippen MR) is 84.1 cm³/mol. The van der Waals surface area contributed by atoms with Gasteiger partial charge >= 0.3 is 0 Å². The Morgan fingerprint density at radius 3 is 2.95 bits per heavy atom. The predicted octanol–water partition coefficient (Wildman–Crippen LogP) is 3.20. The topological polar surface area (TPSA) is 39.1 Å². The van der Waals surface area contributed by atoms with Gasteiger partial charge in [0.05, 0.1) is 23.7 Å². The molecule has 2 heterocycles. The normalized spacial score (nSPS) is 26.3. The highest BCUT2D eigenvalue weighted by molar-refractivity contribution is 5.08. The quantitative estimate of drug-likeness (QED) is 0.905. The molecule has 0 aromatic carbocycles. The van der Waals surface area contributed by atoms with Gasteiger partial charge in [-0.1, -0.05) is 19.8 Å². The molecule has 2 atom stereocenters. The zero-order chi connectivity index (χ0) is 14.7. The van der Waals surface area contributed by atoms with Gasteiger partial charge in [0.1, 0.15) is 0 Å². The minimum Gasteiger partial charge on any atom is -0.375 e. The van der Waals surface area contributed by atoms with Gasteiger partial charge in [-0.2, -0.15) is 0 Å². The van der Waals surface area contributed by atoms with Crippen LogP contribution in [0.15, 0.2) is 12.5 Å². The first-order valence-corrected chi connectivity index (χ1v) is 8.58. The van der Waals surface area contributed by atoms with Gasteiger partial charge in [0.2, 0.25) is 0 Å². The van der Waals surface area contributed by atoms with Crippen LogP contribution >= 0.6 is 0 Å². The maximum Gasteiger partial charge on any atom is 0.0947 e. The Morgan fingerprint density at radius 2 is 2.29 bits per heavy atom. The minimum absolute atomic E-state index is 0.184. The average molecular weight is 291 g/mol. The van der Waals surface area contributed by atoms with Crippen LogP contribution in [0, 0.1) is 5.92 Å². The smallest absolute Gasteiger partial charge is 0.0947 e. The molecule has 1 aromatic heterocycles. The summed E-state index contributed by atoms with van der Waals surface area (Å²) in [5.41, 5.74) is 1.38. The molecule has 1 spiro atoms. The fourth-order valence-corrected chi connectivity index (χ4v) is 4.12. The number of aromatic nitrogens is 2. The Balaban J connectivity index is 1.75. The molecule has 2 unspecified atom stereocenters. The molecular formula is C17H29N3O. The number of nitrogens with zero attached hydrogens (tertiary/aromatic N) is 2. The standard InChI is InChI=1S/C17H29N3O/c1-3-9-18-16(15-12-20(2)13-19-15)14-6-10-21-17(11-14)7-4-5-8-17/h12-14,16,18H,3-11H2,1-2H3. The summed E-state index contributed by atoms with van der Waals surface area (Å²) < 4.78 is 8.26. The van der Waals surface area contributed by atoms with Gasteiger partial charge in [0, 0.05) is 19.9 Å². The lowest BCUT2D eigenvalue weighted by Gasteiger charge is -2.41. The molecule has 0 radical (unpaired) electrons. The van der Waals surface area contributed by atoms with E-state index in [1.54, 1.807) is 0 Å². The second kappa shape index (κ2) is 6.49. The fraction of sp³-hybridized carbons (Fsp3) is 0.824. The molecule has 1 aliphatic heterocycles. The highest BCUT2D eigenvalue weighted by atomic mass is 16.5. The zero-order valence-electron chi connectivity index (χ0n) is 13.5. The molecule has 4 nitrogen and oxygen atoms in total. The van der Waals surface area contributed by atoms with Gasteiger partial charge in [0.15, 0.2) is 0 Å². The molecule has 2 aliphatic rings. The number of hydrogen-bond donors (Lipinski definition) is 1. The first-order chi connectivity index (χ1) is 10.2. The van der Waals surface area contributed by atoms with Crippen LogP contribution in [0.25, 0.3) is 0 Å². The molecule has 21 heavy (non-hydrogen) atoms. The molecule has 1 aliphatic carbocycles. The molecule has 4 heteroatoms. The highest BCUT2D eigenvalue weighted by Gasteiger charge is 2.42. The number of imidazole rings is 1. The van der Waals surface area contributed by atoms with Crippen molar-refractivity contribution in [2.45, 2.75) is 63.5 Å². The Labute approximate surface area is 128 Å². The summed E-state index contributed by atoms with van der Waals surface area (Å²) in [5.74, 6) is 0.651. The fourth-order valence-electron chi connectivity index (χ4n) is 4.12. The number of ether oxygens (including phenoxy) is 1. The minimum atomic E-state index is 0.184. The van der Waals surface area contributed by atoms with Gasteiger partial charge in [0.25, 0.3) is 0 Å². The summed E-state index contributed by atoms with van der Waals surface area (Å²) in [4.78, 5) is 4.62. The second-order valence-corrected chi connectivity index (χ2v) is 6.89. The molecule has 0 bridgehead atoms. The van der Waals surface area contributed by atoms with Crippen LogP contribution in [0.1, 0.15) is 63.6 Å². The van der Waals surface area contributed by atoms with Crippen molar-refractivity contribution < 1.29 is 4.74 Å². The Morgan fingerprint density at radius 1 is 1.48 bits per heavy atom. The largest absolute Gasteiger partial charge is 0.375 e. The summed E-state index contributed by atoms with van der Waals surface area (Å²) >= 11 is 0. The van der Waals surface area contributed by atoms with Crippen LogP contribution in [0.4, 0.5) is 0 Å². The van der Waals surface area contributed by atoms with Gasteiger partial charge in [-0.15, -0.1) is 0 Å². The molecular weight excluding hydrogens is 262 g/mol. The van der Waals surface area contributed by atoms with E-state index < -0.39 is 0 Å². The summed E-state index contributed by atoms with van der Waals surface area (Å²) in [6, 6.07) is 0.382. The van der Waals surface area contributed by atoms with E-state index in [-0.39, 0.29) is 5.60 Å². The lowest BCUT2D eigenvalue weighted by molar-refractivity contribution is -0.0983. The number of nitrogens with one attached hydrogen (secondary N) is 1. The van der Waals surface area contributed by atoms with Crippen LogP contribution in [0.3, 0.4) is 0 Å². The first kappa shape index (κ1) is 15.0. The zero-order valence-corrected chi connectivity index (χ0v) is 13.5. The molecule has 1 aromatic rings. The Hall–Kier alpha value is -0.870. The lowest BCUT2D eigenvalue weighted by atomic mass is 9.79. The third-order valence-electron chi connectivity index (χ3n) is 5.18. The van der Waals surface area contributed by atoms with Crippen LogP contribution in [0.5, 0.6) is 0 Å². The van der Waals surface area contributed by atoms with Crippen molar-refractivity contribution in [2.75, 3.05) is 13.2 Å². The monoisotopic (exact) mass is 291 g/mol. The highest BCUT2D eigenvalue weighted by Crippen LogP contribution is 2.45. The maximum atomic E-state index is 6.20. The SMILES string of the molecule is CCCNC(c1cn(C)cn1)C1CCOC2(CCCC2)C1. The first-order valence-electron chi connectivity index (χ1n) is 8.58. The third kappa shape index (κ3) is 3.32. The van der Waals surface area contributed by atoms with Crippen molar-refractivity contribution in [1.29, 1.82) is 0 Å². The van der Waals surface area contributed by atoms with E-state index in [2.05, 4.69) is 35.0 Å². The van der Waals surface area contributed by atoms with E-state index in [0.717, 1.165) is 26.0 Å². The van der Waals surface area contributed by atoms with Gasteiger partial charge in [-0.25, -0.2) is 4.98 Å². The van der Waals surface area contributed by atoms with Crippen molar-refractivity contribution >= 4 is 0 Å². The van der Waals surface area contributed by atoms with E-state index in [4.69, 9.17) is 4.74 Å². The van der Waals surface area contributed by atoms with Crippen molar-refractivity contribution in [3.05, 3.63) is 18.2 Å². The molecule has 2 fully saturated rings. The second-order valence-electron chi connectivity index (χ2n) is 6.89. The number of rotatable bonds is 5. The Kier molecular flexibility index (Phi) is 4.65. The van der Waals surface area contributed by atoms with Crippen LogP contribution < -0.4 is 5.32 Å². The molecule has 1 saturated carbocycles. The van der Waals surface area contributed by atoms with Crippen molar-refractivity contribution in [3.63, 3.8) is 0 Å². The van der Waals surface area contributed by atoms with Crippen molar-refractivity contribution in [3.8, 4) is 0 Å². The van der Waals surface area contributed by atoms with E-state index >= 15 is 0 Å². The van der Waals surface area contributed by atoms with Crippen LogP contribution in [0.2, 0.25) is 0 Å². The van der Waals surface area contributed by atoms with Crippen LogP contribution in [-0.2, 0) is 11.8 Å². The summed E-state index contributed by atoms with van der Waals surface area (Å²) in [6.45, 7) is 4.21. The lowest BCUT2D eigenvalue weighted by Crippen LogP contribution is -2.42. The average Bonchev–Trinajstić information content (AvgIpc) is 3.10. The van der Waals surface area contributed by atoms with E-state index in [1.807, 2.05) is 6.33 Å². The van der Waals surface area contributed by atoms with Crippen molar-refractivity contribution in [2.24, 2.45) is 13.0 Å². The Bertz CT molecular complexity index is 451. The summed E-state index contributed by atoms with van der Waals surface area (Å²) in [6.07, 6.45) is 12.8. The molecule has 0 amide bonds. The molecule has 1 saturated heterocycles. The van der Waals surface area contributed by atoms with E-state index in [9.17, 15) is 0 Å². The number of hydrogen-bond acceptors (Lipinski definition) is 3. The summed E-state index contributed by atoms with van der Waals surface area (Å²) in [7, 11) is 2.05. The third-order valence-corrected chi connectivity index (χ3v) is 5.18. The van der Waals surface area contributed by atoms with Crippen LogP contribution in [-0.4, -0.2) is 28.3 Å². The van der Waals surface area contributed by atoms with Gasteiger partial charge in [-0.3, -0.25) is 0 Å². The van der Waals surface area contributed by atoms with Gasteiger partial charge in [-0.05, 0) is 44.6 Å². The van der Waals surface area contributed by atoms with E-state index in [0.29, 0.717) is 12.0 Å². The molecule has 118 valence electrons. The summed E-state index contributed by atoms with van der Waals surface area (Å²) in [5, 5.41) is 3.74. The maximum absolute atomic E-state index is 6.20. The molecule has 3 rings (SSSR count). The van der Waals surface area contributed by atoms with E-state index in [1.165, 1.54) is 37.8 Å². The molecule has 1 N–H and O–H groups in total. The van der Waals surface area contributed by atoms with Gasteiger partial charge < -0.3 is 14.6 Å².